The molecule has 0 saturated heterocycles. The fraction of sp³-hybridized carbons (Fsp3) is 0.455. The zero-order valence-electron chi connectivity index (χ0n) is 60.1. The van der Waals surface area contributed by atoms with Gasteiger partial charge >= 0.3 is 0 Å². The lowest BCUT2D eigenvalue weighted by atomic mass is 9.92. The molecule has 8 aromatic carbocycles. The van der Waals surface area contributed by atoms with Gasteiger partial charge in [-0.1, -0.05) is 322 Å². The molecular weight excluding hydrogens is 1170 g/mol. The van der Waals surface area contributed by atoms with E-state index in [0.717, 1.165) is 71.1 Å². The van der Waals surface area contributed by atoms with Crippen LogP contribution in [-0.2, 0) is 38.5 Å². The number of hydrogen-bond acceptors (Lipinski definition) is 1. The van der Waals surface area contributed by atoms with E-state index in [-0.39, 0.29) is 5.82 Å². The fourth-order valence-corrected chi connectivity index (χ4v) is 10.3. The Bertz CT molecular complexity index is 2940. The molecule has 0 radical (unpaired) electrons. The second-order valence-electron chi connectivity index (χ2n) is 27.6. The number of hydrogen-bond donors (Lipinski definition) is 0. The second-order valence-corrected chi connectivity index (χ2v) is 28.5. The van der Waals surface area contributed by atoms with E-state index < -0.39 is 0 Å². The van der Waals surface area contributed by atoms with E-state index in [0.29, 0.717) is 17.8 Å². The van der Waals surface area contributed by atoms with E-state index in [9.17, 15) is 4.39 Å². The topological polar surface area (TPSA) is 9.23 Å². The van der Waals surface area contributed by atoms with Crippen molar-refractivity contribution >= 4 is 15.9 Å². The zero-order chi connectivity index (χ0) is 67.2. The predicted molar refractivity (Wildman–Crippen MR) is 406 cm³/mol. The van der Waals surface area contributed by atoms with E-state index in [2.05, 4.69) is 309 Å². The van der Waals surface area contributed by atoms with E-state index in [1.54, 1.807) is 19.2 Å². The zero-order valence-corrected chi connectivity index (χ0v) is 61.7. The lowest BCUT2D eigenvalue weighted by Crippen LogP contribution is -1.97. The van der Waals surface area contributed by atoms with Crippen LogP contribution in [-0.4, -0.2) is 7.11 Å². The van der Waals surface area contributed by atoms with Crippen LogP contribution < -0.4 is 4.74 Å². The highest BCUT2D eigenvalue weighted by atomic mass is 79.9. The molecular formula is C88H124BrFO. The summed E-state index contributed by atoms with van der Waals surface area (Å²) in [4.78, 5) is 0. The number of halogens is 2. The average molecular weight is 1300 g/mol. The molecule has 0 aliphatic carbocycles. The number of ether oxygens (including phenoxy) is 1. The molecule has 0 saturated carbocycles. The molecule has 0 aromatic heterocycles. The summed E-state index contributed by atoms with van der Waals surface area (Å²) in [6.45, 7) is 36.0. The van der Waals surface area contributed by atoms with Gasteiger partial charge in [-0.15, -0.1) is 0 Å². The van der Waals surface area contributed by atoms with Gasteiger partial charge in [-0.3, -0.25) is 0 Å². The molecule has 91 heavy (non-hydrogen) atoms. The maximum absolute atomic E-state index is 12.7. The highest BCUT2D eigenvalue weighted by molar-refractivity contribution is 9.10. The van der Waals surface area contributed by atoms with Crippen LogP contribution in [0.2, 0.25) is 0 Å². The molecule has 0 bridgehead atoms. The second kappa shape index (κ2) is 49.6. The van der Waals surface area contributed by atoms with Gasteiger partial charge in [-0.05, 0) is 216 Å². The van der Waals surface area contributed by atoms with Crippen LogP contribution in [0, 0.1) is 41.3 Å². The quantitative estimate of drug-likeness (QED) is 0.0518. The van der Waals surface area contributed by atoms with Crippen molar-refractivity contribution in [3.05, 3.63) is 267 Å². The number of methoxy groups -OCH3 is 1. The summed E-state index contributed by atoms with van der Waals surface area (Å²) < 4.78 is 19.0. The lowest BCUT2D eigenvalue weighted by Gasteiger charge is -2.13. The monoisotopic (exact) mass is 1290 g/mol. The first-order valence-electron chi connectivity index (χ1n) is 35.0. The third kappa shape index (κ3) is 42.0. The van der Waals surface area contributed by atoms with Crippen molar-refractivity contribution in [1.82, 2.24) is 0 Å². The molecule has 496 valence electrons. The van der Waals surface area contributed by atoms with Gasteiger partial charge in [0.2, 0.25) is 0 Å². The van der Waals surface area contributed by atoms with Crippen LogP contribution in [0.1, 0.15) is 225 Å². The maximum atomic E-state index is 12.7. The summed E-state index contributed by atoms with van der Waals surface area (Å²) in [7, 11) is 1.71. The Balaban J connectivity index is 0.000000363. The molecule has 0 aliphatic rings. The molecule has 1 unspecified atom stereocenters. The largest absolute Gasteiger partial charge is 0.497 e. The van der Waals surface area contributed by atoms with Crippen molar-refractivity contribution in [3.8, 4) is 16.9 Å². The first-order chi connectivity index (χ1) is 43.6. The lowest BCUT2D eigenvalue weighted by molar-refractivity contribution is 0.414. The van der Waals surface area contributed by atoms with E-state index in [4.69, 9.17) is 4.74 Å². The molecule has 0 fully saturated rings. The van der Waals surface area contributed by atoms with Gasteiger partial charge in [-0.2, -0.15) is 0 Å². The number of rotatable bonds is 25. The summed E-state index contributed by atoms with van der Waals surface area (Å²) in [5, 5.41) is 0. The summed E-state index contributed by atoms with van der Waals surface area (Å²) in [6.07, 6.45) is 18.6. The fourth-order valence-electron chi connectivity index (χ4n) is 10.0. The Morgan fingerprint density at radius 3 is 1.18 bits per heavy atom. The van der Waals surface area contributed by atoms with Gasteiger partial charge in [0.15, 0.2) is 0 Å². The minimum absolute atomic E-state index is 0.128. The Morgan fingerprint density at radius 2 is 0.736 bits per heavy atom. The van der Waals surface area contributed by atoms with Gasteiger partial charge in [0.25, 0.3) is 0 Å². The predicted octanol–water partition coefficient (Wildman–Crippen LogP) is 27.3. The SMILES string of the molecule is CC(C)CC(C)c1ccccc1.CC(C)CCCCc1ccccc1.CC(C)CCCc1ccccc1.CC(C)CCc1ccc(Br)cc1.CC(C)CCc1cccc(F)c1.CCc1ccc(-c2ccc(C(C)C)cc2)cc1.COc1cccc(CCC(C)C)c1. The van der Waals surface area contributed by atoms with Crippen LogP contribution in [0.4, 0.5) is 4.39 Å². The molecule has 0 aliphatic heterocycles. The molecule has 0 amide bonds. The van der Waals surface area contributed by atoms with Gasteiger partial charge in [0.1, 0.15) is 11.6 Å². The molecule has 1 nitrogen and oxygen atoms in total. The first-order valence-corrected chi connectivity index (χ1v) is 35.8. The van der Waals surface area contributed by atoms with Gasteiger partial charge in [0.05, 0.1) is 7.11 Å². The van der Waals surface area contributed by atoms with Crippen LogP contribution in [0.25, 0.3) is 11.1 Å². The molecule has 1 atom stereocenters. The molecule has 0 heterocycles. The van der Waals surface area contributed by atoms with Crippen molar-refractivity contribution < 1.29 is 9.13 Å². The van der Waals surface area contributed by atoms with Crippen molar-refractivity contribution in [2.45, 2.75) is 219 Å². The number of aryl methyl sites for hydroxylation is 6. The highest BCUT2D eigenvalue weighted by Crippen LogP contribution is 2.25. The summed E-state index contributed by atoms with van der Waals surface area (Å²) in [5.41, 5.74) is 13.7. The summed E-state index contributed by atoms with van der Waals surface area (Å²) in [6, 6.07) is 73.7. The average Bonchev–Trinajstić information content (AvgIpc) is 1.55. The Kier molecular flexibility index (Phi) is 44.2. The summed E-state index contributed by atoms with van der Waals surface area (Å²) in [5.74, 6) is 6.88. The third-order valence-electron chi connectivity index (χ3n) is 15.9. The standard InChI is InChI=1S/C17H20.C13H20.C12H18O.2C12H18.C11H15Br.C11H15F/c1-4-14-5-7-16(8-6-14)17-11-9-15(10-12-17)13(2)3;1-12(2)8-6-7-11-13-9-4-3-5-10-13;1-10(2)7-8-11-5-4-6-12(9-11)13-3;1-10(2)9-11(3)12-7-5-4-6-8-12;1-11(2)7-6-10-12-8-4-3-5-9-12;1-9(2)3-4-10-5-7-11(12)8-6-10;1-9(2)6-7-10-4-3-5-11(12)8-10/h5-13H,4H2,1-3H3;3-5,9-10,12H,6-8,11H2,1-2H3;4-6,9-10H,7-8H2,1-3H3;4-8,10-11H,9H2,1-3H3;3-5,8-9,11H,6-7,10H2,1-2H3;5-9H,3-4H2,1-2H3;3-5,8-9H,6-7H2,1-2H3. The molecule has 0 N–H and O–H groups in total. The van der Waals surface area contributed by atoms with E-state index in [1.807, 2.05) is 12.1 Å². The highest BCUT2D eigenvalue weighted by Gasteiger charge is 2.07. The van der Waals surface area contributed by atoms with Gasteiger partial charge in [0, 0.05) is 4.47 Å². The van der Waals surface area contributed by atoms with E-state index >= 15 is 0 Å². The first kappa shape index (κ1) is 81.1. The maximum Gasteiger partial charge on any atom is 0.123 e. The smallest absolute Gasteiger partial charge is 0.123 e. The van der Waals surface area contributed by atoms with Crippen LogP contribution in [0.15, 0.2) is 217 Å². The molecule has 8 aromatic rings. The minimum atomic E-state index is -0.128. The Morgan fingerprint density at radius 1 is 0.341 bits per heavy atom. The number of unbranched alkanes of at least 4 members (excludes halogenated alkanes) is 1. The van der Waals surface area contributed by atoms with Crippen molar-refractivity contribution in [3.63, 3.8) is 0 Å². The van der Waals surface area contributed by atoms with Gasteiger partial charge in [-0.25, -0.2) is 4.39 Å². The molecule has 0 spiro atoms. The Labute approximate surface area is 567 Å². The van der Waals surface area contributed by atoms with Crippen LogP contribution in [0.3, 0.4) is 0 Å². The molecule has 3 heteroatoms. The third-order valence-corrected chi connectivity index (χ3v) is 16.4. The van der Waals surface area contributed by atoms with E-state index in [1.165, 1.54) is 127 Å². The number of benzene rings is 8. The van der Waals surface area contributed by atoms with Crippen molar-refractivity contribution in [2.24, 2.45) is 35.5 Å². The van der Waals surface area contributed by atoms with Crippen LogP contribution >= 0.6 is 15.9 Å². The minimum Gasteiger partial charge on any atom is -0.497 e. The Hall–Kier alpha value is -6.03. The summed E-state index contributed by atoms with van der Waals surface area (Å²) >= 11 is 3.43. The van der Waals surface area contributed by atoms with Crippen molar-refractivity contribution in [1.29, 1.82) is 0 Å². The van der Waals surface area contributed by atoms with Crippen molar-refractivity contribution in [2.75, 3.05) is 7.11 Å². The molecule has 8 rings (SSSR count). The van der Waals surface area contributed by atoms with Crippen LogP contribution in [0.5, 0.6) is 5.75 Å². The van der Waals surface area contributed by atoms with Gasteiger partial charge < -0.3 is 4.74 Å². The normalized spacial score (nSPS) is 11.0.